The molecule has 1 heterocycles. The largest absolute Gasteiger partial charge is 0.465 e. The van der Waals surface area contributed by atoms with Crippen molar-refractivity contribution in [2.24, 2.45) is 11.8 Å². The number of methoxy groups -OCH3 is 2. The van der Waals surface area contributed by atoms with Gasteiger partial charge in [-0.2, -0.15) is 0 Å². The lowest BCUT2D eigenvalue weighted by atomic mass is 9.85. The second-order valence-corrected chi connectivity index (χ2v) is 10.7. The van der Waals surface area contributed by atoms with Crippen LogP contribution in [0, 0.1) is 11.8 Å². The minimum Gasteiger partial charge on any atom is -0.465 e. The summed E-state index contributed by atoms with van der Waals surface area (Å²) in [5.74, 6) is -2.16. The van der Waals surface area contributed by atoms with Gasteiger partial charge in [0.2, 0.25) is 11.6 Å². The summed E-state index contributed by atoms with van der Waals surface area (Å²) in [7, 11) is 2.91. The number of allylic oxidation sites excluding steroid dienone is 4. The average molecular weight is 586 g/mol. The second kappa shape index (κ2) is 16.0. The van der Waals surface area contributed by atoms with E-state index in [1.54, 1.807) is 45.1 Å². The van der Waals surface area contributed by atoms with E-state index in [-0.39, 0.29) is 41.4 Å². The van der Waals surface area contributed by atoms with Gasteiger partial charge < -0.3 is 35.6 Å². The summed E-state index contributed by atoms with van der Waals surface area (Å²) >= 11 is 0. The molecule has 1 aliphatic heterocycles. The summed E-state index contributed by atoms with van der Waals surface area (Å²) in [4.78, 5) is 51.2. The van der Waals surface area contributed by atoms with Crippen molar-refractivity contribution < 1.29 is 38.9 Å². The van der Waals surface area contributed by atoms with E-state index < -0.39 is 53.8 Å². The predicted octanol–water partition coefficient (Wildman–Crippen LogP) is 2.71. The monoisotopic (exact) mass is 585 g/mol. The molecule has 2 amide bonds. The molecule has 0 aromatic heterocycles. The maximum Gasteiger partial charge on any atom is 0.405 e. The number of hydrogen-bond donors (Lipinski definition) is 5. The Morgan fingerprint density at radius 2 is 1.88 bits per heavy atom. The molecule has 6 atom stereocenters. The quantitative estimate of drug-likeness (QED) is 0.233. The highest BCUT2D eigenvalue weighted by Crippen LogP contribution is 2.28. The average Bonchev–Trinajstić information content (AvgIpc) is 2.94. The highest BCUT2D eigenvalue weighted by molar-refractivity contribution is 6.23. The molecular formula is C31H43N3O8. The molecule has 0 saturated carbocycles. The number of carboxylic acid groups (broad SMARTS) is 1. The fourth-order valence-corrected chi connectivity index (χ4v) is 5.03. The number of hydrogen-bond acceptors (Lipinski definition) is 8. The molecule has 0 spiro atoms. The molecule has 0 fully saturated rings. The van der Waals surface area contributed by atoms with Crippen molar-refractivity contribution in [3.63, 3.8) is 0 Å². The lowest BCUT2D eigenvalue weighted by Crippen LogP contribution is -2.44. The van der Waals surface area contributed by atoms with Crippen molar-refractivity contribution in [1.82, 2.24) is 16.0 Å². The Bertz CT molecular complexity index is 1210. The van der Waals surface area contributed by atoms with Crippen LogP contribution in [0.3, 0.4) is 0 Å². The topological polar surface area (TPSA) is 163 Å². The Kier molecular flexibility index (Phi) is 13.1. The number of nitrogens with one attached hydrogen (secondary N) is 3. The molecule has 2 aliphatic rings. The van der Waals surface area contributed by atoms with Gasteiger partial charge in [-0.05, 0) is 32.6 Å². The molecular weight excluding hydrogens is 542 g/mol. The van der Waals surface area contributed by atoms with Crippen molar-refractivity contribution in [1.29, 1.82) is 0 Å². The van der Waals surface area contributed by atoms with E-state index in [1.807, 2.05) is 6.92 Å². The zero-order valence-corrected chi connectivity index (χ0v) is 25.1. The number of Topliss-reactive ketones (excluding diaryl/α,β-unsaturated/α-hetero) is 1. The van der Waals surface area contributed by atoms with E-state index >= 15 is 0 Å². The van der Waals surface area contributed by atoms with Crippen LogP contribution >= 0.6 is 0 Å². The zero-order valence-electron chi connectivity index (χ0n) is 25.1. The normalized spacial score (nSPS) is 31.6. The molecule has 2 rings (SSSR count). The fourth-order valence-electron chi connectivity index (χ4n) is 5.03. The van der Waals surface area contributed by atoms with Crippen LogP contribution in [-0.4, -0.2) is 78.9 Å². The SMILES string of the molecule is C=CCNC1=C2C[C@@H](C)C[C@H](OC)[C@H](O)[C@@H](C)/C=C(\C)[C@H](NC(=O)O)[C@@H](OC)/C=C/C=C(\C)C(=O)NC(=CC1=O)C2=O. The second-order valence-electron chi connectivity index (χ2n) is 10.7. The van der Waals surface area contributed by atoms with Gasteiger partial charge in [-0.3, -0.25) is 14.4 Å². The van der Waals surface area contributed by atoms with Crippen LogP contribution in [0.1, 0.15) is 40.5 Å². The lowest BCUT2D eigenvalue weighted by Gasteiger charge is -2.30. The number of ketones is 2. The number of fused-ring (bicyclic) bond motifs is 2. The molecule has 11 heteroatoms. The Morgan fingerprint density at radius 3 is 2.48 bits per heavy atom. The van der Waals surface area contributed by atoms with Gasteiger partial charge in [-0.1, -0.05) is 49.8 Å². The van der Waals surface area contributed by atoms with E-state index in [0.717, 1.165) is 6.08 Å². The van der Waals surface area contributed by atoms with Crippen molar-refractivity contribution >= 4 is 23.6 Å². The van der Waals surface area contributed by atoms with Crippen LogP contribution in [0.25, 0.3) is 0 Å². The maximum atomic E-state index is 13.5. The standard InChI is InChI=1S/C31H43N3O8/c1-8-12-32-27-21-13-17(2)14-25(42-7)28(36)20(5)15-19(4)26(34-31(39)40)24(41-6)11-9-10-18(3)30(38)33-22(29(21)37)16-23(27)35/h8-11,15-17,20,24-26,28,32,34,36H,1,12-14H2,2-7H3,(H,33,38)(H,39,40)/b11-9+,18-10+,19-15+/t17-,20+,24+,25+,26+,28-/m1/s1. The number of carbonyl (C=O) groups excluding carboxylic acids is 3. The van der Waals surface area contributed by atoms with Crippen molar-refractivity contribution in [3.8, 4) is 0 Å². The van der Waals surface area contributed by atoms with E-state index in [0.29, 0.717) is 12.0 Å². The van der Waals surface area contributed by atoms with E-state index in [9.17, 15) is 29.4 Å². The minimum absolute atomic E-state index is 0.136. The third-order valence-electron chi connectivity index (χ3n) is 7.32. The van der Waals surface area contributed by atoms with Crippen LogP contribution in [0.15, 0.2) is 71.1 Å². The van der Waals surface area contributed by atoms with E-state index in [2.05, 4.69) is 22.5 Å². The van der Waals surface area contributed by atoms with Crippen LogP contribution in [0.4, 0.5) is 4.79 Å². The third kappa shape index (κ3) is 9.10. The van der Waals surface area contributed by atoms with Gasteiger partial charge >= 0.3 is 6.09 Å². The first-order valence-corrected chi connectivity index (χ1v) is 13.8. The van der Waals surface area contributed by atoms with Gasteiger partial charge in [-0.15, -0.1) is 6.58 Å². The number of rotatable bonds is 6. The van der Waals surface area contributed by atoms with Crippen molar-refractivity contribution in [3.05, 3.63) is 71.1 Å². The number of aliphatic hydroxyl groups is 1. The minimum atomic E-state index is -1.25. The highest BCUT2D eigenvalue weighted by atomic mass is 16.5. The molecule has 230 valence electrons. The van der Waals surface area contributed by atoms with Crippen molar-refractivity contribution in [2.45, 2.75) is 64.9 Å². The van der Waals surface area contributed by atoms with Gasteiger partial charge in [0.1, 0.15) is 0 Å². The number of amides is 2. The fraction of sp³-hybridized carbons (Fsp3) is 0.484. The smallest absolute Gasteiger partial charge is 0.405 e. The molecule has 42 heavy (non-hydrogen) atoms. The number of ether oxygens (including phenoxy) is 2. The van der Waals surface area contributed by atoms with Gasteiger partial charge in [0, 0.05) is 43.9 Å². The van der Waals surface area contributed by atoms with E-state index in [1.165, 1.54) is 20.3 Å². The molecule has 0 aromatic carbocycles. The molecule has 11 nitrogen and oxygen atoms in total. The zero-order chi connectivity index (χ0) is 31.6. The molecule has 2 bridgehead atoms. The lowest BCUT2D eigenvalue weighted by molar-refractivity contribution is -0.120. The predicted molar refractivity (Wildman–Crippen MR) is 158 cm³/mol. The molecule has 5 N–H and O–H groups in total. The summed E-state index contributed by atoms with van der Waals surface area (Å²) in [6.07, 6.45) is 6.02. The summed E-state index contributed by atoms with van der Waals surface area (Å²) < 4.78 is 11.2. The van der Waals surface area contributed by atoms with Crippen LogP contribution < -0.4 is 16.0 Å². The first-order chi connectivity index (χ1) is 19.8. The Labute approximate surface area is 247 Å². The molecule has 0 radical (unpaired) electrons. The number of carbonyl (C=O) groups is 4. The first-order valence-electron chi connectivity index (χ1n) is 13.8. The van der Waals surface area contributed by atoms with Crippen LogP contribution in [0.2, 0.25) is 0 Å². The summed E-state index contributed by atoms with van der Waals surface area (Å²) in [5, 5.41) is 28.7. The summed E-state index contributed by atoms with van der Waals surface area (Å²) in [6.45, 7) is 10.9. The van der Waals surface area contributed by atoms with E-state index in [4.69, 9.17) is 9.47 Å². The summed E-state index contributed by atoms with van der Waals surface area (Å²) in [6, 6.07) is -0.788. The first kappa shape index (κ1) is 34.4. The maximum absolute atomic E-state index is 13.5. The van der Waals surface area contributed by atoms with Crippen molar-refractivity contribution in [2.75, 3.05) is 20.8 Å². The summed E-state index contributed by atoms with van der Waals surface area (Å²) in [5.41, 5.74) is 1.10. The Morgan fingerprint density at radius 1 is 1.19 bits per heavy atom. The van der Waals surface area contributed by atoms with Gasteiger partial charge in [0.15, 0.2) is 0 Å². The van der Waals surface area contributed by atoms with Gasteiger partial charge in [-0.25, -0.2) is 4.79 Å². The molecule has 0 unspecified atom stereocenters. The Hall–Kier alpha value is -3.80. The van der Waals surface area contributed by atoms with Gasteiger partial charge in [0.25, 0.3) is 5.91 Å². The third-order valence-corrected chi connectivity index (χ3v) is 7.32. The molecule has 0 aromatic rings. The van der Waals surface area contributed by atoms with Crippen LogP contribution in [0.5, 0.6) is 0 Å². The highest BCUT2D eigenvalue weighted by Gasteiger charge is 2.33. The van der Waals surface area contributed by atoms with Crippen LogP contribution in [-0.2, 0) is 23.9 Å². The number of aliphatic hydroxyl groups excluding tert-OH is 1. The molecule has 1 aliphatic carbocycles. The van der Waals surface area contributed by atoms with Gasteiger partial charge in [0.05, 0.1) is 35.7 Å². The molecule has 0 saturated heterocycles. The Balaban J connectivity index is 2.62.